The number of aryl methyl sites for hydroxylation is 1. The molecular weight excluding hydrogens is 362 g/mol. The van der Waals surface area contributed by atoms with E-state index >= 15 is 0 Å². The summed E-state index contributed by atoms with van der Waals surface area (Å²) in [6.07, 6.45) is 5.15. The summed E-state index contributed by atoms with van der Waals surface area (Å²) in [6, 6.07) is 10.6. The van der Waals surface area contributed by atoms with E-state index in [4.69, 9.17) is 4.74 Å². The molecule has 0 saturated carbocycles. The molecular formula is C19H15N5O2S. The first-order chi connectivity index (χ1) is 13.2. The van der Waals surface area contributed by atoms with Gasteiger partial charge in [-0.1, -0.05) is 0 Å². The molecule has 4 rings (SSSR count). The fourth-order valence-electron chi connectivity index (χ4n) is 2.43. The molecule has 0 radical (unpaired) electrons. The molecule has 134 valence electrons. The Balaban J connectivity index is 1.48. The van der Waals surface area contributed by atoms with E-state index in [9.17, 15) is 4.79 Å². The Morgan fingerprint density at radius 2 is 2.04 bits per heavy atom. The van der Waals surface area contributed by atoms with E-state index in [0.29, 0.717) is 34.5 Å². The third-order valence-electron chi connectivity index (χ3n) is 3.69. The van der Waals surface area contributed by atoms with Crippen molar-refractivity contribution in [2.75, 3.05) is 5.32 Å². The van der Waals surface area contributed by atoms with Crippen LogP contribution in [-0.2, 0) is 0 Å². The number of imidazole rings is 1. The van der Waals surface area contributed by atoms with Crippen molar-refractivity contribution in [3.8, 4) is 17.4 Å². The molecule has 0 unspecified atom stereocenters. The van der Waals surface area contributed by atoms with Gasteiger partial charge in [0.2, 0.25) is 5.88 Å². The minimum absolute atomic E-state index is 0.138. The predicted octanol–water partition coefficient (Wildman–Crippen LogP) is 4.08. The van der Waals surface area contributed by atoms with Gasteiger partial charge in [0.05, 0.1) is 5.56 Å². The van der Waals surface area contributed by atoms with Crippen LogP contribution in [0.3, 0.4) is 0 Å². The number of hydrogen-bond donors (Lipinski definition) is 1. The Hall–Kier alpha value is -3.52. The lowest BCUT2D eigenvalue weighted by Crippen LogP contribution is -2.10. The molecule has 0 bridgehead atoms. The second-order valence-electron chi connectivity index (χ2n) is 5.67. The normalized spacial score (nSPS) is 10.6. The zero-order valence-corrected chi connectivity index (χ0v) is 15.2. The monoisotopic (exact) mass is 377 g/mol. The van der Waals surface area contributed by atoms with E-state index in [1.54, 1.807) is 66.6 Å². The number of carbonyl (C=O) groups is 1. The van der Waals surface area contributed by atoms with Crippen LogP contribution in [0.5, 0.6) is 11.6 Å². The molecule has 0 aliphatic heterocycles. The average molecular weight is 377 g/mol. The number of hydrogen-bond acceptors (Lipinski definition) is 6. The molecule has 0 fully saturated rings. The Bertz CT molecular complexity index is 1040. The van der Waals surface area contributed by atoms with Gasteiger partial charge in [-0.3, -0.25) is 9.36 Å². The molecule has 0 spiro atoms. The Labute approximate surface area is 159 Å². The minimum atomic E-state index is -0.138. The van der Waals surface area contributed by atoms with Crippen molar-refractivity contribution in [1.29, 1.82) is 0 Å². The van der Waals surface area contributed by atoms with Gasteiger partial charge in [-0.05, 0) is 42.6 Å². The van der Waals surface area contributed by atoms with Crippen LogP contribution >= 0.6 is 11.3 Å². The smallest absolute Gasteiger partial charge is 0.256 e. The lowest BCUT2D eigenvalue weighted by Gasteiger charge is -2.09. The molecule has 3 heterocycles. The highest BCUT2D eigenvalue weighted by Crippen LogP contribution is 2.23. The molecule has 27 heavy (non-hydrogen) atoms. The highest BCUT2D eigenvalue weighted by atomic mass is 32.1. The highest BCUT2D eigenvalue weighted by molar-refractivity contribution is 7.08. The lowest BCUT2D eigenvalue weighted by atomic mass is 10.2. The number of carbonyl (C=O) groups excluding carboxylic acids is 1. The van der Waals surface area contributed by atoms with Gasteiger partial charge in [0.1, 0.15) is 23.7 Å². The predicted molar refractivity (Wildman–Crippen MR) is 103 cm³/mol. The number of rotatable bonds is 5. The number of anilines is 1. The van der Waals surface area contributed by atoms with Crippen LogP contribution in [0.15, 0.2) is 65.9 Å². The van der Waals surface area contributed by atoms with E-state index in [0.717, 1.165) is 0 Å². The molecule has 7 nitrogen and oxygen atoms in total. The van der Waals surface area contributed by atoms with Crippen molar-refractivity contribution in [3.63, 3.8) is 0 Å². The summed E-state index contributed by atoms with van der Waals surface area (Å²) in [6.45, 7) is 1.80. The van der Waals surface area contributed by atoms with Gasteiger partial charge in [0.25, 0.3) is 5.91 Å². The first-order valence-electron chi connectivity index (χ1n) is 8.13. The molecule has 0 aliphatic carbocycles. The van der Waals surface area contributed by atoms with Gasteiger partial charge >= 0.3 is 0 Å². The van der Waals surface area contributed by atoms with E-state index < -0.39 is 0 Å². The van der Waals surface area contributed by atoms with Crippen molar-refractivity contribution < 1.29 is 9.53 Å². The van der Waals surface area contributed by atoms with Crippen molar-refractivity contribution in [2.45, 2.75) is 6.92 Å². The molecule has 0 atom stereocenters. The summed E-state index contributed by atoms with van der Waals surface area (Å²) >= 11 is 1.48. The quantitative estimate of drug-likeness (QED) is 0.567. The van der Waals surface area contributed by atoms with Gasteiger partial charge in [-0.15, -0.1) is 0 Å². The van der Waals surface area contributed by atoms with Crippen LogP contribution < -0.4 is 10.1 Å². The largest absolute Gasteiger partial charge is 0.439 e. The molecule has 8 heteroatoms. The number of amides is 1. The molecule has 1 aromatic carbocycles. The van der Waals surface area contributed by atoms with Crippen LogP contribution in [0.25, 0.3) is 5.82 Å². The summed E-state index contributed by atoms with van der Waals surface area (Å²) in [5, 5.41) is 6.52. The number of aromatic nitrogens is 4. The SMILES string of the molecule is Cc1nc(Oc2ccc(NC(=O)c3ccsc3)cc2)cc(-n2ccnc2)n1. The van der Waals surface area contributed by atoms with Crippen LogP contribution in [-0.4, -0.2) is 25.4 Å². The summed E-state index contributed by atoms with van der Waals surface area (Å²) in [4.78, 5) is 24.8. The molecule has 0 aliphatic rings. The van der Waals surface area contributed by atoms with Crippen molar-refractivity contribution in [3.05, 3.63) is 77.3 Å². The highest BCUT2D eigenvalue weighted by Gasteiger charge is 2.08. The van der Waals surface area contributed by atoms with Gasteiger partial charge in [-0.2, -0.15) is 16.3 Å². The standard InChI is InChI=1S/C19H15N5O2S/c1-13-21-17(24-8-7-20-12-24)10-18(22-13)26-16-4-2-15(3-5-16)23-19(25)14-6-9-27-11-14/h2-12H,1H3,(H,23,25). The maximum atomic E-state index is 12.1. The molecule has 1 amide bonds. The average Bonchev–Trinajstić information content (AvgIpc) is 3.37. The fourth-order valence-corrected chi connectivity index (χ4v) is 3.06. The molecule has 4 aromatic rings. The van der Waals surface area contributed by atoms with Crippen molar-refractivity contribution >= 4 is 22.9 Å². The lowest BCUT2D eigenvalue weighted by molar-refractivity contribution is 0.102. The Morgan fingerprint density at radius 3 is 2.74 bits per heavy atom. The second kappa shape index (κ2) is 7.38. The van der Waals surface area contributed by atoms with Gasteiger partial charge in [-0.25, -0.2) is 9.97 Å². The first kappa shape index (κ1) is 16.9. The number of nitrogens with one attached hydrogen (secondary N) is 1. The van der Waals surface area contributed by atoms with Gasteiger partial charge < -0.3 is 10.1 Å². The van der Waals surface area contributed by atoms with Gasteiger partial charge in [0.15, 0.2) is 0 Å². The second-order valence-corrected chi connectivity index (χ2v) is 6.45. The van der Waals surface area contributed by atoms with Crippen molar-refractivity contribution in [2.24, 2.45) is 0 Å². The Morgan fingerprint density at radius 1 is 1.19 bits per heavy atom. The number of benzene rings is 1. The summed E-state index contributed by atoms with van der Waals surface area (Å²) in [5.41, 5.74) is 1.33. The summed E-state index contributed by atoms with van der Waals surface area (Å²) < 4.78 is 7.62. The maximum Gasteiger partial charge on any atom is 0.256 e. The van der Waals surface area contributed by atoms with Crippen LogP contribution in [0.1, 0.15) is 16.2 Å². The zero-order valence-electron chi connectivity index (χ0n) is 14.4. The Kier molecular flexibility index (Phi) is 4.63. The number of thiophene rings is 1. The summed E-state index contributed by atoms with van der Waals surface area (Å²) in [5.74, 6) is 2.17. The summed E-state index contributed by atoms with van der Waals surface area (Å²) in [7, 11) is 0. The van der Waals surface area contributed by atoms with E-state index in [1.165, 1.54) is 11.3 Å². The maximum absolute atomic E-state index is 12.1. The molecule has 1 N–H and O–H groups in total. The minimum Gasteiger partial charge on any atom is -0.439 e. The fraction of sp³-hybridized carbons (Fsp3) is 0.0526. The third-order valence-corrected chi connectivity index (χ3v) is 4.37. The van der Waals surface area contributed by atoms with E-state index in [2.05, 4.69) is 20.3 Å². The topological polar surface area (TPSA) is 81.9 Å². The van der Waals surface area contributed by atoms with Crippen LogP contribution in [0, 0.1) is 6.92 Å². The molecule has 0 saturated heterocycles. The van der Waals surface area contributed by atoms with Crippen LogP contribution in [0.4, 0.5) is 5.69 Å². The van der Waals surface area contributed by atoms with Crippen LogP contribution in [0.2, 0.25) is 0 Å². The van der Waals surface area contributed by atoms with E-state index in [1.807, 2.05) is 10.8 Å². The van der Waals surface area contributed by atoms with Gasteiger partial charge in [0, 0.05) is 29.5 Å². The third kappa shape index (κ3) is 4.01. The number of ether oxygens (including phenoxy) is 1. The van der Waals surface area contributed by atoms with E-state index in [-0.39, 0.29) is 5.91 Å². The van der Waals surface area contributed by atoms with Crippen molar-refractivity contribution in [1.82, 2.24) is 19.5 Å². The zero-order chi connectivity index (χ0) is 18.6. The number of nitrogens with zero attached hydrogens (tertiary/aromatic N) is 4. The molecule has 3 aromatic heterocycles. The first-order valence-corrected chi connectivity index (χ1v) is 9.07.